The summed E-state index contributed by atoms with van der Waals surface area (Å²) < 4.78 is 0. The molecule has 0 aromatic heterocycles. The Bertz CT molecular complexity index is 206. The van der Waals surface area contributed by atoms with Crippen molar-refractivity contribution in [3.05, 3.63) is 0 Å². The predicted octanol–water partition coefficient (Wildman–Crippen LogP) is -0.877. The van der Waals surface area contributed by atoms with Crippen molar-refractivity contribution >= 4 is 17.7 Å². The predicted molar refractivity (Wildman–Crippen MR) is 58.6 cm³/mol. The van der Waals surface area contributed by atoms with Crippen LogP contribution in [0.15, 0.2) is 0 Å². The van der Waals surface area contributed by atoms with E-state index in [2.05, 4.69) is 15.5 Å². The summed E-state index contributed by atoms with van der Waals surface area (Å²) in [5.74, 6) is 1.90. The van der Waals surface area contributed by atoms with Crippen molar-refractivity contribution in [3.8, 4) is 0 Å². The Hall–Kier alpha value is -0.260. The molecule has 2 heterocycles. The van der Waals surface area contributed by atoms with Crippen LogP contribution in [0, 0.1) is 0 Å². The molecule has 2 fully saturated rings. The second kappa shape index (κ2) is 5.00. The Balaban J connectivity index is 1.75. The molecule has 0 saturated carbocycles. The number of piperazine rings is 1. The summed E-state index contributed by atoms with van der Waals surface area (Å²) in [5, 5.41) is 6.37. The van der Waals surface area contributed by atoms with E-state index in [0.717, 1.165) is 38.5 Å². The number of hydrogen-bond acceptors (Lipinski definition) is 4. The van der Waals surface area contributed by atoms with Gasteiger partial charge in [-0.1, -0.05) is 0 Å². The van der Waals surface area contributed by atoms with Crippen LogP contribution in [-0.2, 0) is 4.79 Å². The summed E-state index contributed by atoms with van der Waals surface area (Å²) in [6, 6.07) is 0.361. The van der Waals surface area contributed by atoms with Crippen molar-refractivity contribution in [1.82, 2.24) is 15.5 Å². The third kappa shape index (κ3) is 2.87. The van der Waals surface area contributed by atoms with Gasteiger partial charge < -0.3 is 10.6 Å². The fraction of sp³-hybridized carbons (Fsp3) is 0.889. The second-order valence-corrected chi connectivity index (χ2v) is 4.86. The highest BCUT2D eigenvalue weighted by molar-refractivity contribution is 8.00. The second-order valence-electron chi connectivity index (χ2n) is 3.83. The van der Waals surface area contributed by atoms with Crippen LogP contribution in [0.5, 0.6) is 0 Å². The third-order valence-electron chi connectivity index (χ3n) is 2.61. The van der Waals surface area contributed by atoms with Gasteiger partial charge in [0.2, 0.25) is 5.91 Å². The molecular weight excluding hydrogens is 198 g/mol. The minimum absolute atomic E-state index is 0.196. The highest BCUT2D eigenvalue weighted by Crippen LogP contribution is 2.09. The highest BCUT2D eigenvalue weighted by Gasteiger charge is 2.21. The van der Waals surface area contributed by atoms with Gasteiger partial charge in [0.05, 0.1) is 11.8 Å². The molecule has 2 saturated heterocycles. The molecule has 2 aliphatic rings. The van der Waals surface area contributed by atoms with E-state index in [1.54, 1.807) is 11.8 Å². The lowest BCUT2D eigenvalue weighted by Crippen LogP contribution is -2.52. The summed E-state index contributed by atoms with van der Waals surface area (Å²) in [6.07, 6.45) is 0. The number of carbonyl (C=O) groups excluding carboxylic acids is 1. The van der Waals surface area contributed by atoms with Crippen LogP contribution in [0.25, 0.3) is 0 Å². The first-order valence-corrected chi connectivity index (χ1v) is 6.30. The van der Waals surface area contributed by atoms with E-state index in [-0.39, 0.29) is 5.91 Å². The Morgan fingerprint density at radius 3 is 2.93 bits per heavy atom. The minimum atomic E-state index is 0.196. The zero-order valence-electron chi connectivity index (χ0n) is 8.29. The molecule has 14 heavy (non-hydrogen) atoms. The summed E-state index contributed by atoms with van der Waals surface area (Å²) >= 11 is 1.75. The topological polar surface area (TPSA) is 44.4 Å². The van der Waals surface area contributed by atoms with Crippen molar-refractivity contribution in [2.75, 3.05) is 44.2 Å². The smallest absolute Gasteiger partial charge is 0.230 e. The van der Waals surface area contributed by atoms with Gasteiger partial charge >= 0.3 is 0 Å². The van der Waals surface area contributed by atoms with Crippen molar-refractivity contribution < 1.29 is 4.79 Å². The van der Waals surface area contributed by atoms with Crippen LogP contribution in [0.4, 0.5) is 0 Å². The summed E-state index contributed by atoms with van der Waals surface area (Å²) in [7, 11) is 0. The molecule has 5 heteroatoms. The van der Waals surface area contributed by atoms with E-state index in [1.165, 1.54) is 0 Å². The van der Waals surface area contributed by atoms with E-state index < -0.39 is 0 Å². The zero-order chi connectivity index (χ0) is 9.80. The van der Waals surface area contributed by atoms with Crippen LogP contribution >= 0.6 is 11.8 Å². The highest BCUT2D eigenvalue weighted by atomic mass is 32.2. The molecule has 0 bridgehead atoms. The van der Waals surface area contributed by atoms with Crippen LogP contribution in [0.1, 0.15) is 0 Å². The van der Waals surface area contributed by atoms with Crippen molar-refractivity contribution in [2.45, 2.75) is 6.04 Å². The van der Waals surface area contributed by atoms with E-state index in [0.29, 0.717) is 11.8 Å². The first-order chi connectivity index (χ1) is 6.84. The molecule has 1 amide bonds. The molecule has 1 atom stereocenters. The number of thioether (sulfide) groups is 1. The lowest BCUT2D eigenvalue weighted by atomic mass is 10.2. The average Bonchev–Trinajstić information content (AvgIpc) is 2.19. The molecule has 0 aliphatic carbocycles. The minimum Gasteiger partial charge on any atom is -0.351 e. The Morgan fingerprint density at radius 2 is 2.21 bits per heavy atom. The number of nitrogens with zero attached hydrogens (tertiary/aromatic N) is 1. The van der Waals surface area contributed by atoms with E-state index in [1.807, 2.05) is 0 Å². The van der Waals surface area contributed by atoms with E-state index in [4.69, 9.17) is 0 Å². The number of hydrogen-bond donors (Lipinski definition) is 2. The van der Waals surface area contributed by atoms with E-state index in [9.17, 15) is 4.79 Å². The number of rotatable bonds is 2. The molecular formula is C9H17N3OS. The Morgan fingerprint density at radius 1 is 1.43 bits per heavy atom. The maximum atomic E-state index is 11.2. The van der Waals surface area contributed by atoms with Gasteiger partial charge in [-0.15, -0.1) is 11.8 Å². The zero-order valence-corrected chi connectivity index (χ0v) is 9.11. The number of amides is 1. The van der Waals surface area contributed by atoms with Gasteiger partial charge in [0.15, 0.2) is 0 Å². The number of nitrogens with one attached hydrogen (secondary N) is 2. The van der Waals surface area contributed by atoms with Crippen LogP contribution in [0.3, 0.4) is 0 Å². The van der Waals surface area contributed by atoms with Gasteiger partial charge in [-0.25, -0.2) is 0 Å². The lowest BCUT2D eigenvalue weighted by Gasteiger charge is -2.32. The quantitative estimate of drug-likeness (QED) is 0.628. The van der Waals surface area contributed by atoms with Gasteiger partial charge in [0.25, 0.3) is 0 Å². The summed E-state index contributed by atoms with van der Waals surface area (Å²) in [6.45, 7) is 5.39. The molecule has 2 rings (SSSR count). The molecule has 0 spiro atoms. The third-order valence-corrected chi connectivity index (χ3v) is 3.71. The molecule has 1 unspecified atom stereocenters. The van der Waals surface area contributed by atoms with Gasteiger partial charge in [0, 0.05) is 38.5 Å². The van der Waals surface area contributed by atoms with Gasteiger partial charge in [-0.05, 0) is 0 Å². The van der Waals surface area contributed by atoms with Gasteiger partial charge in [-0.2, -0.15) is 0 Å². The molecule has 0 radical (unpaired) electrons. The number of carbonyl (C=O) groups is 1. The van der Waals surface area contributed by atoms with Crippen molar-refractivity contribution in [1.29, 1.82) is 0 Å². The molecule has 0 aromatic carbocycles. The molecule has 2 aliphatic heterocycles. The molecule has 2 N–H and O–H groups in total. The first-order valence-electron chi connectivity index (χ1n) is 5.15. The van der Waals surface area contributed by atoms with Crippen LogP contribution in [-0.4, -0.2) is 61.1 Å². The van der Waals surface area contributed by atoms with Gasteiger partial charge in [-0.3, -0.25) is 9.69 Å². The fourth-order valence-electron chi connectivity index (χ4n) is 1.91. The first kappa shape index (κ1) is 10.3. The van der Waals surface area contributed by atoms with Gasteiger partial charge in [0.1, 0.15) is 0 Å². The Kier molecular flexibility index (Phi) is 3.67. The summed E-state index contributed by atoms with van der Waals surface area (Å²) in [4.78, 5) is 13.6. The normalized spacial score (nSPS) is 30.0. The van der Waals surface area contributed by atoms with Crippen molar-refractivity contribution in [3.63, 3.8) is 0 Å². The SMILES string of the molecule is O=C1CSCC(CN2CCNCC2)N1. The van der Waals surface area contributed by atoms with Crippen molar-refractivity contribution in [2.24, 2.45) is 0 Å². The summed E-state index contributed by atoms with van der Waals surface area (Å²) in [5.41, 5.74) is 0. The standard InChI is InChI=1S/C9H17N3OS/c13-9-7-14-6-8(11-9)5-12-3-1-10-2-4-12/h8,10H,1-7H2,(H,11,13). The fourth-order valence-corrected chi connectivity index (χ4v) is 2.77. The lowest BCUT2D eigenvalue weighted by molar-refractivity contribution is -0.119. The van der Waals surface area contributed by atoms with Crippen LogP contribution in [0.2, 0.25) is 0 Å². The average molecular weight is 215 g/mol. The molecule has 4 nitrogen and oxygen atoms in total. The maximum absolute atomic E-state index is 11.2. The van der Waals surface area contributed by atoms with Crippen LogP contribution < -0.4 is 10.6 Å². The van der Waals surface area contributed by atoms with E-state index >= 15 is 0 Å². The Labute approximate surface area is 88.8 Å². The molecule has 80 valence electrons. The largest absolute Gasteiger partial charge is 0.351 e. The maximum Gasteiger partial charge on any atom is 0.230 e. The molecule has 0 aromatic rings. The monoisotopic (exact) mass is 215 g/mol.